The summed E-state index contributed by atoms with van der Waals surface area (Å²) in [4.78, 5) is 21.0. The first-order valence-corrected chi connectivity index (χ1v) is 8.41. The highest BCUT2D eigenvalue weighted by Gasteiger charge is 2.15. The summed E-state index contributed by atoms with van der Waals surface area (Å²) in [6.45, 7) is 5.59. The number of carbonyl (C=O) groups excluding carboxylic acids is 1. The fourth-order valence-corrected chi connectivity index (χ4v) is 2.46. The fraction of sp³-hybridized carbons (Fsp3) is 0.389. The summed E-state index contributed by atoms with van der Waals surface area (Å²) in [5.74, 6) is 2.87. The minimum Gasteiger partial charge on any atom is -0.493 e. The number of rotatable bonds is 9. The van der Waals surface area contributed by atoms with Crippen LogP contribution in [0.1, 0.15) is 23.1 Å². The van der Waals surface area contributed by atoms with Crippen molar-refractivity contribution in [2.24, 2.45) is 0 Å². The Hall–Kier alpha value is -3.03. The number of nitrogens with one attached hydrogen (secondary N) is 3. The Bertz CT molecular complexity index is 752. The highest BCUT2D eigenvalue weighted by atomic mass is 16.5. The molecule has 1 aromatic carbocycles. The standard InChI is InChI=1S/C18H25N5O3/c1-5-19-15-11-16(23-12(2)22-15)20-9-10-21-18(24)13-7-6-8-14(25-3)17(13)26-4/h6-8,11H,5,9-10H2,1-4H3,(H,21,24)(H2,19,20,22,23). The van der Waals surface area contributed by atoms with Crippen molar-refractivity contribution in [3.8, 4) is 11.5 Å². The number of hydrogen-bond acceptors (Lipinski definition) is 7. The summed E-state index contributed by atoms with van der Waals surface area (Å²) in [6, 6.07) is 7.03. The van der Waals surface area contributed by atoms with Gasteiger partial charge in [0, 0.05) is 25.7 Å². The van der Waals surface area contributed by atoms with Crippen molar-refractivity contribution in [3.63, 3.8) is 0 Å². The summed E-state index contributed by atoms with van der Waals surface area (Å²) in [7, 11) is 3.05. The average molecular weight is 359 g/mol. The number of methoxy groups -OCH3 is 2. The zero-order valence-corrected chi connectivity index (χ0v) is 15.5. The number of hydrogen-bond donors (Lipinski definition) is 3. The first-order valence-electron chi connectivity index (χ1n) is 8.41. The zero-order valence-electron chi connectivity index (χ0n) is 15.5. The van der Waals surface area contributed by atoms with E-state index in [1.165, 1.54) is 14.2 Å². The molecule has 0 saturated heterocycles. The van der Waals surface area contributed by atoms with Gasteiger partial charge in [-0.1, -0.05) is 6.07 Å². The molecule has 140 valence electrons. The lowest BCUT2D eigenvalue weighted by atomic mass is 10.1. The van der Waals surface area contributed by atoms with Crippen LogP contribution in [0.5, 0.6) is 11.5 Å². The van der Waals surface area contributed by atoms with Crippen LogP contribution >= 0.6 is 0 Å². The smallest absolute Gasteiger partial charge is 0.255 e. The number of aromatic nitrogens is 2. The Kier molecular flexibility index (Phi) is 7.02. The van der Waals surface area contributed by atoms with Gasteiger partial charge in [-0.15, -0.1) is 0 Å². The van der Waals surface area contributed by atoms with E-state index in [1.807, 2.05) is 19.9 Å². The first kappa shape index (κ1) is 19.3. The van der Waals surface area contributed by atoms with Crippen LogP contribution in [0.3, 0.4) is 0 Å². The van der Waals surface area contributed by atoms with Crippen molar-refractivity contribution >= 4 is 17.5 Å². The molecule has 0 aliphatic rings. The molecule has 8 heteroatoms. The molecule has 2 rings (SSSR count). The van der Waals surface area contributed by atoms with E-state index in [9.17, 15) is 4.79 Å². The van der Waals surface area contributed by atoms with Crippen LogP contribution in [0, 0.1) is 6.92 Å². The van der Waals surface area contributed by atoms with E-state index >= 15 is 0 Å². The molecule has 0 unspecified atom stereocenters. The molecule has 2 aromatic rings. The van der Waals surface area contributed by atoms with Gasteiger partial charge in [-0.3, -0.25) is 4.79 Å². The Labute approximate surface area is 153 Å². The van der Waals surface area contributed by atoms with Crippen molar-refractivity contribution in [2.45, 2.75) is 13.8 Å². The summed E-state index contributed by atoms with van der Waals surface area (Å²) in [5, 5.41) is 9.19. The topological polar surface area (TPSA) is 97.4 Å². The van der Waals surface area contributed by atoms with Gasteiger partial charge in [0.15, 0.2) is 11.5 Å². The van der Waals surface area contributed by atoms with Gasteiger partial charge in [-0.2, -0.15) is 0 Å². The van der Waals surface area contributed by atoms with E-state index in [2.05, 4.69) is 25.9 Å². The number of para-hydroxylation sites is 1. The van der Waals surface area contributed by atoms with Crippen LogP contribution < -0.4 is 25.4 Å². The lowest BCUT2D eigenvalue weighted by Crippen LogP contribution is -2.29. The van der Waals surface area contributed by atoms with Gasteiger partial charge in [-0.05, 0) is 26.0 Å². The summed E-state index contributed by atoms with van der Waals surface area (Å²) in [5.41, 5.74) is 0.430. The van der Waals surface area contributed by atoms with Gasteiger partial charge in [0.1, 0.15) is 17.5 Å². The third-order valence-electron chi connectivity index (χ3n) is 3.56. The lowest BCUT2D eigenvalue weighted by molar-refractivity contribution is 0.0951. The number of nitrogens with zero attached hydrogens (tertiary/aromatic N) is 2. The predicted molar refractivity (Wildman–Crippen MR) is 101 cm³/mol. The minimum absolute atomic E-state index is 0.227. The van der Waals surface area contributed by atoms with Crippen LogP contribution in [0.25, 0.3) is 0 Å². The molecule has 0 saturated carbocycles. The minimum atomic E-state index is -0.227. The molecule has 0 atom stereocenters. The molecule has 0 bridgehead atoms. The number of anilines is 2. The van der Waals surface area contributed by atoms with Crippen LogP contribution in [0.15, 0.2) is 24.3 Å². The van der Waals surface area contributed by atoms with Crippen molar-refractivity contribution < 1.29 is 14.3 Å². The van der Waals surface area contributed by atoms with Gasteiger partial charge in [0.2, 0.25) is 0 Å². The van der Waals surface area contributed by atoms with E-state index in [0.717, 1.165) is 12.4 Å². The normalized spacial score (nSPS) is 10.2. The largest absolute Gasteiger partial charge is 0.493 e. The van der Waals surface area contributed by atoms with Crippen molar-refractivity contribution in [2.75, 3.05) is 44.5 Å². The molecule has 3 N–H and O–H groups in total. The predicted octanol–water partition coefficient (Wildman–Crippen LogP) is 2.08. The van der Waals surface area contributed by atoms with E-state index in [-0.39, 0.29) is 5.91 Å². The van der Waals surface area contributed by atoms with Crippen molar-refractivity contribution in [3.05, 3.63) is 35.7 Å². The zero-order chi connectivity index (χ0) is 18.9. The molecular weight excluding hydrogens is 334 g/mol. The molecule has 0 aliphatic heterocycles. The third-order valence-corrected chi connectivity index (χ3v) is 3.56. The third kappa shape index (κ3) is 4.98. The number of amides is 1. The molecule has 1 heterocycles. The van der Waals surface area contributed by atoms with Crippen LogP contribution in [0.4, 0.5) is 11.6 Å². The number of aryl methyl sites for hydroxylation is 1. The van der Waals surface area contributed by atoms with Crippen LogP contribution in [-0.4, -0.2) is 49.7 Å². The first-order chi connectivity index (χ1) is 12.6. The summed E-state index contributed by atoms with van der Waals surface area (Å²) >= 11 is 0. The molecule has 1 amide bonds. The Balaban J connectivity index is 1.91. The summed E-state index contributed by atoms with van der Waals surface area (Å²) < 4.78 is 10.5. The summed E-state index contributed by atoms with van der Waals surface area (Å²) in [6.07, 6.45) is 0. The molecule has 0 radical (unpaired) electrons. The maximum Gasteiger partial charge on any atom is 0.255 e. The Morgan fingerprint density at radius 1 is 1.08 bits per heavy atom. The highest BCUT2D eigenvalue weighted by molar-refractivity contribution is 5.97. The second kappa shape index (κ2) is 9.45. The van der Waals surface area contributed by atoms with E-state index < -0.39 is 0 Å². The Morgan fingerprint density at radius 3 is 2.46 bits per heavy atom. The molecule has 1 aromatic heterocycles. The number of ether oxygens (including phenoxy) is 2. The average Bonchev–Trinajstić information content (AvgIpc) is 2.64. The molecule has 26 heavy (non-hydrogen) atoms. The number of carbonyl (C=O) groups is 1. The monoisotopic (exact) mass is 359 g/mol. The van der Waals surface area contributed by atoms with Gasteiger partial charge in [0.25, 0.3) is 5.91 Å². The maximum absolute atomic E-state index is 12.4. The van der Waals surface area contributed by atoms with Crippen molar-refractivity contribution in [1.82, 2.24) is 15.3 Å². The Morgan fingerprint density at radius 2 is 1.81 bits per heavy atom. The molecular formula is C18H25N5O3. The van der Waals surface area contributed by atoms with E-state index in [0.29, 0.717) is 41.8 Å². The maximum atomic E-state index is 12.4. The highest BCUT2D eigenvalue weighted by Crippen LogP contribution is 2.30. The van der Waals surface area contributed by atoms with Gasteiger partial charge in [-0.25, -0.2) is 9.97 Å². The van der Waals surface area contributed by atoms with E-state index in [4.69, 9.17) is 9.47 Å². The number of benzene rings is 1. The van der Waals surface area contributed by atoms with Gasteiger partial charge in [0.05, 0.1) is 19.8 Å². The molecule has 0 spiro atoms. The van der Waals surface area contributed by atoms with Crippen LogP contribution in [-0.2, 0) is 0 Å². The SMILES string of the molecule is CCNc1cc(NCCNC(=O)c2cccc(OC)c2OC)nc(C)n1. The fourth-order valence-electron chi connectivity index (χ4n) is 2.46. The van der Waals surface area contributed by atoms with E-state index in [1.54, 1.807) is 18.2 Å². The van der Waals surface area contributed by atoms with Crippen LogP contribution in [0.2, 0.25) is 0 Å². The lowest BCUT2D eigenvalue weighted by Gasteiger charge is -2.13. The second-order valence-corrected chi connectivity index (χ2v) is 5.44. The molecule has 0 aliphatic carbocycles. The molecule has 0 fully saturated rings. The van der Waals surface area contributed by atoms with Gasteiger partial charge >= 0.3 is 0 Å². The quantitative estimate of drug-likeness (QED) is 0.590. The van der Waals surface area contributed by atoms with Gasteiger partial charge < -0.3 is 25.4 Å². The molecule has 8 nitrogen and oxygen atoms in total. The second-order valence-electron chi connectivity index (χ2n) is 5.44. The van der Waals surface area contributed by atoms with Crippen molar-refractivity contribution in [1.29, 1.82) is 0 Å².